The molecular weight excluding hydrogens is 356 g/mol. The molecule has 0 radical (unpaired) electrons. The van der Waals surface area contributed by atoms with Crippen LogP contribution in [0.15, 0.2) is 47.4 Å². The van der Waals surface area contributed by atoms with Gasteiger partial charge in [0.25, 0.3) is 10.0 Å². The molecule has 140 valence electrons. The predicted octanol–water partition coefficient (Wildman–Crippen LogP) is 2.14. The molecule has 1 N–H and O–H groups in total. The predicted molar refractivity (Wildman–Crippen MR) is 99.2 cm³/mol. The number of sulfonamides is 1. The zero-order valence-electron chi connectivity index (χ0n) is 15.1. The summed E-state index contributed by atoms with van der Waals surface area (Å²) in [5.41, 5.74) is 1.21. The summed E-state index contributed by atoms with van der Waals surface area (Å²) in [5, 5.41) is 0. The molecule has 0 aliphatic heterocycles. The van der Waals surface area contributed by atoms with Crippen LogP contribution in [0.25, 0.3) is 0 Å². The number of anilines is 1. The molecule has 1 amide bonds. The van der Waals surface area contributed by atoms with Crippen LogP contribution in [-0.2, 0) is 21.2 Å². The second-order valence-corrected chi connectivity index (χ2v) is 7.47. The quantitative estimate of drug-likeness (QED) is 0.798. The smallest absolute Gasteiger partial charge is 0.262 e. The molecular formula is C18H22N2O5S. The molecule has 0 bridgehead atoms. The van der Waals surface area contributed by atoms with Crippen LogP contribution in [0.2, 0.25) is 0 Å². The van der Waals surface area contributed by atoms with Crippen LogP contribution in [0.4, 0.5) is 5.69 Å². The summed E-state index contributed by atoms with van der Waals surface area (Å²) in [4.78, 5) is 13.3. The van der Waals surface area contributed by atoms with Crippen LogP contribution >= 0.6 is 0 Å². The lowest BCUT2D eigenvalue weighted by Gasteiger charge is -2.12. The van der Waals surface area contributed by atoms with Gasteiger partial charge in [0.05, 0.1) is 25.5 Å². The third-order valence-corrected chi connectivity index (χ3v) is 5.10. The fourth-order valence-electron chi connectivity index (χ4n) is 2.22. The SMILES string of the molecule is COc1ccc(S(=O)(=O)Nc2ccc(CC(=O)N(C)C)cc2)cc1OC. The van der Waals surface area contributed by atoms with Crippen molar-refractivity contribution in [2.45, 2.75) is 11.3 Å². The Morgan fingerprint density at radius 2 is 1.62 bits per heavy atom. The van der Waals surface area contributed by atoms with Crippen molar-refractivity contribution in [2.75, 3.05) is 33.0 Å². The highest BCUT2D eigenvalue weighted by Gasteiger charge is 2.17. The number of carbonyl (C=O) groups excluding carboxylic acids is 1. The zero-order chi connectivity index (χ0) is 19.3. The van der Waals surface area contributed by atoms with E-state index in [9.17, 15) is 13.2 Å². The first-order chi connectivity index (χ1) is 12.3. The van der Waals surface area contributed by atoms with Crippen molar-refractivity contribution < 1.29 is 22.7 Å². The third-order valence-electron chi connectivity index (χ3n) is 3.73. The Morgan fingerprint density at radius 3 is 2.15 bits per heavy atom. The number of amides is 1. The maximum atomic E-state index is 12.6. The van der Waals surface area contributed by atoms with Gasteiger partial charge < -0.3 is 14.4 Å². The van der Waals surface area contributed by atoms with Gasteiger partial charge >= 0.3 is 0 Å². The molecule has 0 aliphatic carbocycles. The molecule has 0 unspecified atom stereocenters. The van der Waals surface area contributed by atoms with E-state index in [1.54, 1.807) is 38.4 Å². The van der Waals surface area contributed by atoms with Crippen molar-refractivity contribution in [3.8, 4) is 11.5 Å². The minimum atomic E-state index is -3.78. The fraction of sp³-hybridized carbons (Fsp3) is 0.278. The summed E-state index contributed by atoms with van der Waals surface area (Å²) >= 11 is 0. The Hall–Kier alpha value is -2.74. The van der Waals surface area contributed by atoms with E-state index in [4.69, 9.17) is 9.47 Å². The fourth-order valence-corrected chi connectivity index (χ4v) is 3.29. The standard InChI is InChI=1S/C18H22N2O5S/c1-20(2)18(21)11-13-5-7-14(8-6-13)19-26(22,23)15-9-10-16(24-3)17(12-15)25-4/h5-10,12,19H,11H2,1-4H3. The number of hydrogen-bond donors (Lipinski definition) is 1. The highest BCUT2D eigenvalue weighted by molar-refractivity contribution is 7.92. The number of ether oxygens (including phenoxy) is 2. The topological polar surface area (TPSA) is 84.9 Å². The molecule has 2 rings (SSSR count). The number of benzene rings is 2. The van der Waals surface area contributed by atoms with E-state index < -0.39 is 10.0 Å². The monoisotopic (exact) mass is 378 g/mol. The zero-order valence-corrected chi connectivity index (χ0v) is 16.0. The van der Waals surface area contributed by atoms with Gasteiger partial charge in [-0.3, -0.25) is 9.52 Å². The Labute approximate surface area is 153 Å². The number of nitrogens with one attached hydrogen (secondary N) is 1. The summed E-state index contributed by atoms with van der Waals surface area (Å²) in [6.45, 7) is 0. The van der Waals surface area contributed by atoms with E-state index in [1.165, 1.54) is 37.3 Å². The molecule has 0 spiro atoms. The van der Waals surface area contributed by atoms with Gasteiger partial charge in [0.15, 0.2) is 11.5 Å². The largest absolute Gasteiger partial charge is 0.493 e. The first kappa shape index (κ1) is 19.6. The summed E-state index contributed by atoms with van der Waals surface area (Å²) in [6, 6.07) is 11.0. The lowest BCUT2D eigenvalue weighted by Crippen LogP contribution is -2.23. The Balaban J connectivity index is 2.18. The number of nitrogens with zero attached hydrogens (tertiary/aromatic N) is 1. The Kier molecular flexibility index (Phi) is 6.10. The molecule has 8 heteroatoms. The van der Waals surface area contributed by atoms with Crippen LogP contribution in [0, 0.1) is 0 Å². The molecule has 7 nitrogen and oxygen atoms in total. The Bertz CT molecular complexity index is 877. The van der Waals surface area contributed by atoms with E-state index in [0.29, 0.717) is 17.2 Å². The van der Waals surface area contributed by atoms with Crippen molar-refractivity contribution in [2.24, 2.45) is 0 Å². The lowest BCUT2D eigenvalue weighted by atomic mass is 10.1. The molecule has 0 aliphatic rings. The molecule has 0 heterocycles. The molecule has 0 aromatic heterocycles. The van der Waals surface area contributed by atoms with E-state index in [-0.39, 0.29) is 17.2 Å². The van der Waals surface area contributed by atoms with E-state index in [2.05, 4.69) is 4.72 Å². The maximum absolute atomic E-state index is 12.6. The summed E-state index contributed by atoms with van der Waals surface area (Å²) in [6.07, 6.45) is 0.260. The second kappa shape index (κ2) is 8.09. The van der Waals surface area contributed by atoms with Gasteiger partial charge in [0, 0.05) is 25.8 Å². The van der Waals surface area contributed by atoms with Gasteiger partial charge in [-0.1, -0.05) is 12.1 Å². The molecule has 0 fully saturated rings. The normalized spacial score (nSPS) is 10.9. The Morgan fingerprint density at radius 1 is 1.00 bits per heavy atom. The number of likely N-dealkylation sites (N-methyl/N-ethyl adjacent to an activating group) is 1. The third kappa shape index (κ3) is 4.66. The molecule has 2 aromatic rings. The number of rotatable bonds is 7. The highest BCUT2D eigenvalue weighted by Crippen LogP contribution is 2.30. The first-order valence-electron chi connectivity index (χ1n) is 7.80. The molecule has 26 heavy (non-hydrogen) atoms. The second-order valence-electron chi connectivity index (χ2n) is 5.78. The number of carbonyl (C=O) groups is 1. The minimum Gasteiger partial charge on any atom is -0.493 e. The highest BCUT2D eigenvalue weighted by atomic mass is 32.2. The van der Waals surface area contributed by atoms with Crippen molar-refractivity contribution in [3.63, 3.8) is 0 Å². The van der Waals surface area contributed by atoms with Gasteiger partial charge in [0.1, 0.15) is 0 Å². The van der Waals surface area contributed by atoms with E-state index in [0.717, 1.165) is 5.56 Å². The van der Waals surface area contributed by atoms with Crippen LogP contribution in [0.1, 0.15) is 5.56 Å². The van der Waals surface area contributed by atoms with Crippen LogP contribution < -0.4 is 14.2 Å². The molecule has 0 atom stereocenters. The molecule has 0 saturated heterocycles. The molecule has 0 saturated carbocycles. The van der Waals surface area contributed by atoms with E-state index in [1.807, 2.05) is 0 Å². The van der Waals surface area contributed by atoms with Crippen molar-refractivity contribution in [3.05, 3.63) is 48.0 Å². The van der Waals surface area contributed by atoms with Crippen molar-refractivity contribution in [1.29, 1.82) is 0 Å². The number of hydrogen-bond acceptors (Lipinski definition) is 5. The molecule has 2 aromatic carbocycles. The first-order valence-corrected chi connectivity index (χ1v) is 9.29. The lowest BCUT2D eigenvalue weighted by molar-refractivity contribution is -0.127. The average molecular weight is 378 g/mol. The van der Waals surface area contributed by atoms with Crippen molar-refractivity contribution >= 4 is 21.6 Å². The van der Waals surface area contributed by atoms with Gasteiger partial charge in [0.2, 0.25) is 5.91 Å². The van der Waals surface area contributed by atoms with Crippen molar-refractivity contribution in [1.82, 2.24) is 4.90 Å². The number of methoxy groups -OCH3 is 2. The minimum absolute atomic E-state index is 0.0244. The van der Waals surface area contributed by atoms with Gasteiger partial charge in [-0.2, -0.15) is 0 Å². The van der Waals surface area contributed by atoms with Crippen LogP contribution in [0.3, 0.4) is 0 Å². The summed E-state index contributed by atoms with van der Waals surface area (Å²) in [7, 11) is 2.51. The van der Waals surface area contributed by atoms with Gasteiger partial charge in [-0.25, -0.2) is 8.42 Å². The van der Waals surface area contributed by atoms with Gasteiger partial charge in [-0.15, -0.1) is 0 Å². The average Bonchev–Trinajstić information content (AvgIpc) is 2.62. The summed E-state index contributed by atoms with van der Waals surface area (Å²) < 4.78 is 37.9. The van der Waals surface area contributed by atoms with Crippen LogP contribution in [-0.4, -0.2) is 47.5 Å². The van der Waals surface area contributed by atoms with Gasteiger partial charge in [-0.05, 0) is 29.8 Å². The van der Waals surface area contributed by atoms with Crippen LogP contribution in [0.5, 0.6) is 11.5 Å². The summed E-state index contributed by atoms with van der Waals surface area (Å²) in [5.74, 6) is 0.748. The van der Waals surface area contributed by atoms with E-state index >= 15 is 0 Å². The maximum Gasteiger partial charge on any atom is 0.262 e.